The number of carbonyl (C=O) groups is 1. The van der Waals surface area contributed by atoms with Crippen LogP contribution in [0.2, 0.25) is 0 Å². The van der Waals surface area contributed by atoms with Gasteiger partial charge in [-0.1, -0.05) is 0 Å². The zero-order chi connectivity index (χ0) is 22.4. The number of methoxy groups -OCH3 is 1. The van der Waals surface area contributed by atoms with Gasteiger partial charge in [-0.15, -0.1) is 0 Å². The van der Waals surface area contributed by atoms with E-state index in [4.69, 9.17) is 14.2 Å². The monoisotopic (exact) mass is 448 g/mol. The Bertz CT molecular complexity index is 999. The standard InChI is InChI=1S/C22H28N2O6S/c1-23(2)31(26,27)19-10-11-21(24-12-4-5-13-24)20(16-19)22(25)30-15-14-29-18-8-6-17(28-3)7-9-18/h6-11,16H,4-5,12-15H2,1-3H3. The number of nitrogens with zero attached hydrogens (tertiary/aromatic N) is 2. The van der Waals surface area contributed by atoms with Crippen molar-refractivity contribution in [3.8, 4) is 11.5 Å². The molecular weight excluding hydrogens is 420 g/mol. The van der Waals surface area contributed by atoms with Crippen LogP contribution in [0.5, 0.6) is 11.5 Å². The van der Waals surface area contributed by atoms with Gasteiger partial charge in [0.25, 0.3) is 0 Å². The normalized spacial score (nSPS) is 14.0. The van der Waals surface area contributed by atoms with Crippen LogP contribution in [0, 0.1) is 0 Å². The molecule has 1 aliphatic heterocycles. The van der Waals surface area contributed by atoms with E-state index in [2.05, 4.69) is 4.90 Å². The fraction of sp³-hybridized carbons (Fsp3) is 0.409. The molecule has 0 bridgehead atoms. The first-order valence-corrected chi connectivity index (χ1v) is 11.5. The quantitative estimate of drug-likeness (QED) is 0.431. The fourth-order valence-electron chi connectivity index (χ4n) is 3.33. The van der Waals surface area contributed by atoms with Crippen molar-refractivity contribution in [1.82, 2.24) is 4.31 Å². The van der Waals surface area contributed by atoms with E-state index in [0.717, 1.165) is 36.0 Å². The Balaban J connectivity index is 1.71. The van der Waals surface area contributed by atoms with Crippen molar-refractivity contribution < 1.29 is 27.4 Å². The Hall–Kier alpha value is -2.78. The number of hydrogen-bond donors (Lipinski definition) is 0. The van der Waals surface area contributed by atoms with E-state index in [1.165, 1.54) is 26.2 Å². The van der Waals surface area contributed by atoms with Crippen molar-refractivity contribution >= 4 is 21.7 Å². The Kier molecular flexibility index (Phi) is 7.40. The third-order valence-corrected chi connectivity index (χ3v) is 6.87. The van der Waals surface area contributed by atoms with Crippen LogP contribution in [0.1, 0.15) is 23.2 Å². The highest BCUT2D eigenvalue weighted by Crippen LogP contribution is 2.28. The molecule has 0 spiro atoms. The molecule has 2 aromatic rings. The predicted octanol–water partition coefficient (Wildman–Crippen LogP) is 2.78. The van der Waals surface area contributed by atoms with Gasteiger partial charge < -0.3 is 19.1 Å². The molecule has 31 heavy (non-hydrogen) atoms. The SMILES string of the molecule is COc1ccc(OCCOC(=O)c2cc(S(=O)(=O)N(C)C)ccc2N2CCCC2)cc1. The number of rotatable bonds is 9. The lowest BCUT2D eigenvalue weighted by Gasteiger charge is -2.22. The van der Waals surface area contributed by atoms with Gasteiger partial charge >= 0.3 is 5.97 Å². The van der Waals surface area contributed by atoms with E-state index in [9.17, 15) is 13.2 Å². The third-order valence-electron chi connectivity index (χ3n) is 5.06. The molecule has 0 saturated carbocycles. The summed E-state index contributed by atoms with van der Waals surface area (Å²) in [5.74, 6) is 0.783. The zero-order valence-corrected chi connectivity index (χ0v) is 18.9. The summed E-state index contributed by atoms with van der Waals surface area (Å²) in [5.41, 5.74) is 0.936. The van der Waals surface area contributed by atoms with Crippen molar-refractivity contribution in [3.63, 3.8) is 0 Å². The van der Waals surface area contributed by atoms with Crippen molar-refractivity contribution in [3.05, 3.63) is 48.0 Å². The minimum Gasteiger partial charge on any atom is -0.497 e. The molecule has 0 unspecified atom stereocenters. The van der Waals surface area contributed by atoms with Crippen LogP contribution in [0.3, 0.4) is 0 Å². The maximum Gasteiger partial charge on any atom is 0.340 e. The minimum atomic E-state index is -3.67. The van der Waals surface area contributed by atoms with Crippen LogP contribution in [-0.4, -0.2) is 66.2 Å². The first-order chi connectivity index (χ1) is 14.8. The van der Waals surface area contributed by atoms with Crippen LogP contribution in [0.25, 0.3) is 0 Å². The van der Waals surface area contributed by atoms with Crippen LogP contribution in [0.4, 0.5) is 5.69 Å². The number of ether oxygens (including phenoxy) is 3. The van der Waals surface area contributed by atoms with Crippen LogP contribution >= 0.6 is 0 Å². The van der Waals surface area contributed by atoms with Gasteiger partial charge in [0, 0.05) is 27.2 Å². The molecule has 168 valence electrons. The predicted molar refractivity (Wildman–Crippen MR) is 118 cm³/mol. The van der Waals surface area contributed by atoms with Gasteiger partial charge in [-0.3, -0.25) is 0 Å². The van der Waals surface area contributed by atoms with Gasteiger partial charge in [-0.05, 0) is 55.3 Å². The highest BCUT2D eigenvalue weighted by atomic mass is 32.2. The van der Waals surface area contributed by atoms with Gasteiger partial charge in [0.05, 0.1) is 23.3 Å². The molecule has 3 rings (SSSR count). The second kappa shape index (κ2) is 10.0. The van der Waals surface area contributed by atoms with Crippen molar-refractivity contribution in [2.45, 2.75) is 17.7 Å². The van der Waals surface area contributed by atoms with Gasteiger partial charge in [0.1, 0.15) is 24.7 Å². The smallest absolute Gasteiger partial charge is 0.340 e. The number of anilines is 1. The van der Waals surface area contributed by atoms with Crippen molar-refractivity contribution in [2.75, 3.05) is 52.4 Å². The average Bonchev–Trinajstić information content (AvgIpc) is 3.31. The lowest BCUT2D eigenvalue weighted by Crippen LogP contribution is -2.25. The first-order valence-electron chi connectivity index (χ1n) is 10.1. The van der Waals surface area contributed by atoms with E-state index in [-0.39, 0.29) is 23.7 Å². The minimum absolute atomic E-state index is 0.0367. The third kappa shape index (κ3) is 5.48. The van der Waals surface area contributed by atoms with E-state index < -0.39 is 16.0 Å². The van der Waals surface area contributed by atoms with Gasteiger partial charge in [0.2, 0.25) is 10.0 Å². The zero-order valence-electron chi connectivity index (χ0n) is 18.0. The number of sulfonamides is 1. The maximum absolute atomic E-state index is 12.8. The van der Waals surface area contributed by atoms with E-state index in [1.807, 2.05) is 0 Å². The van der Waals surface area contributed by atoms with Crippen molar-refractivity contribution in [2.24, 2.45) is 0 Å². The molecule has 2 aromatic carbocycles. The highest BCUT2D eigenvalue weighted by Gasteiger charge is 2.25. The summed E-state index contributed by atoms with van der Waals surface area (Å²) in [5, 5.41) is 0. The van der Waals surface area contributed by atoms with E-state index in [0.29, 0.717) is 11.4 Å². The summed E-state index contributed by atoms with van der Waals surface area (Å²) in [6.07, 6.45) is 2.06. The van der Waals surface area contributed by atoms with Gasteiger partial charge in [0.15, 0.2) is 0 Å². The first kappa shape index (κ1) is 22.9. The number of benzene rings is 2. The van der Waals surface area contributed by atoms with Crippen LogP contribution in [0.15, 0.2) is 47.4 Å². The molecule has 1 fully saturated rings. The summed E-state index contributed by atoms with van der Waals surface area (Å²) in [4.78, 5) is 15.0. The molecule has 8 nitrogen and oxygen atoms in total. The summed E-state index contributed by atoms with van der Waals surface area (Å²) >= 11 is 0. The second-order valence-corrected chi connectivity index (χ2v) is 9.47. The Morgan fingerprint density at radius 1 is 1.00 bits per heavy atom. The lowest BCUT2D eigenvalue weighted by atomic mass is 10.1. The summed E-state index contributed by atoms with van der Waals surface area (Å²) in [6.45, 7) is 1.85. The number of esters is 1. The number of carbonyl (C=O) groups excluding carboxylic acids is 1. The average molecular weight is 449 g/mol. The largest absolute Gasteiger partial charge is 0.497 e. The molecule has 0 atom stereocenters. The van der Waals surface area contributed by atoms with Gasteiger partial charge in [-0.2, -0.15) is 0 Å². The Morgan fingerprint density at radius 2 is 1.65 bits per heavy atom. The topological polar surface area (TPSA) is 85.4 Å². The molecule has 0 aliphatic carbocycles. The van der Waals surface area contributed by atoms with Crippen LogP contribution in [-0.2, 0) is 14.8 Å². The Morgan fingerprint density at radius 3 is 2.26 bits per heavy atom. The summed E-state index contributed by atoms with van der Waals surface area (Å²) in [6, 6.07) is 11.7. The molecule has 9 heteroatoms. The second-order valence-electron chi connectivity index (χ2n) is 7.32. The Labute approximate surface area is 183 Å². The molecule has 0 N–H and O–H groups in total. The molecule has 0 radical (unpaired) electrons. The summed E-state index contributed by atoms with van der Waals surface area (Å²) < 4.78 is 42.3. The van der Waals surface area contributed by atoms with E-state index >= 15 is 0 Å². The molecule has 1 saturated heterocycles. The molecule has 1 aliphatic rings. The molecule has 1 heterocycles. The van der Waals surface area contributed by atoms with E-state index in [1.54, 1.807) is 37.4 Å². The summed E-state index contributed by atoms with van der Waals surface area (Å²) in [7, 11) is 0.833. The number of hydrogen-bond acceptors (Lipinski definition) is 7. The fourth-order valence-corrected chi connectivity index (χ4v) is 4.26. The maximum atomic E-state index is 12.8. The van der Waals surface area contributed by atoms with Crippen molar-refractivity contribution in [1.29, 1.82) is 0 Å². The molecule has 0 amide bonds. The molecule has 0 aromatic heterocycles. The van der Waals surface area contributed by atoms with Crippen LogP contribution < -0.4 is 14.4 Å². The van der Waals surface area contributed by atoms with Gasteiger partial charge in [-0.25, -0.2) is 17.5 Å². The highest BCUT2D eigenvalue weighted by molar-refractivity contribution is 7.89. The lowest BCUT2D eigenvalue weighted by molar-refractivity contribution is 0.0451. The molecular formula is C22H28N2O6S.